The molecule has 0 aliphatic carbocycles. The molecule has 1 heterocycles. The van der Waals surface area contributed by atoms with Crippen molar-refractivity contribution < 1.29 is 13.9 Å². The number of ether oxygens (including phenoxy) is 1. The lowest BCUT2D eigenvalue weighted by Gasteiger charge is -2.02. The molecule has 0 unspecified atom stereocenters. The molecule has 0 spiro atoms. The topological polar surface area (TPSA) is 102 Å². The largest absolute Gasteiger partial charge is 0.462 e. The van der Waals surface area contributed by atoms with Crippen molar-refractivity contribution in [1.29, 1.82) is 0 Å². The molecule has 0 aliphatic heterocycles. The number of thiocarbonyl (C=S) groups is 1. The Labute approximate surface area is 138 Å². The first-order valence-electron chi connectivity index (χ1n) is 6.81. The lowest BCUT2D eigenvalue weighted by molar-refractivity contribution is 0.0526. The number of hydrogen-bond donors (Lipinski definition) is 3. The second-order valence-corrected chi connectivity index (χ2v) is 4.75. The quantitative estimate of drug-likeness (QED) is 0.252. The van der Waals surface area contributed by atoms with Gasteiger partial charge < -0.3 is 9.15 Å². The van der Waals surface area contributed by atoms with Crippen LogP contribution >= 0.6 is 12.2 Å². The van der Waals surface area contributed by atoms with E-state index in [2.05, 4.69) is 16.0 Å². The van der Waals surface area contributed by atoms with Crippen LogP contribution in [-0.4, -0.2) is 23.9 Å². The summed E-state index contributed by atoms with van der Waals surface area (Å²) in [5.41, 5.74) is 6.09. The highest BCUT2D eigenvalue weighted by molar-refractivity contribution is 7.80. The van der Waals surface area contributed by atoms with Crippen LogP contribution in [0.15, 0.2) is 45.9 Å². The van der Waals surface area contributed by atoms with Gasteiger partial charge in [0.25, 0.3) is 0 Å². The third-order valence-electron chi connectivity index (χ3n) is 2.80. The van der Waals surface area contributed by atoms with E-state index in [1.165, 1.54) is 6.21 Å². The SMILES string of the molecule is CCOC(=O)c1ccc(-c2ccc(/C=N/NC(=S)NN)o2)cc1. The Morgan fingerprint density at radius 1 is 1.35 bits per heavy atom. The van der Waals surface area contributed by atoms with Gasteiger partial charge in [0.2, 0.25) is 5.11 Å². The fraction of sp³-hybridized carbons (Fsp3) is 0.133. The highest BCUT2D eigenvalue weighted by Crippen LogP contribution is 2.22. The minimum Gasteiger partial charge on any atom is -0.462 e. The average Bonchev–Trinajstić information content (AvgIpc) is 3.04. The predicted molar refractivity (Wildman–Crippen MR) is 90.8 cm³/mol. The van der Waals surface area contributed by atoms with Gasteiger partial charge in [-0.25, -0.2) is 10.6 Å². The molecule has 8 heteroatoms. The van der Waals surface area contributed by atoms with Crippen LogP contribution in [0.5, 0.6) is 0 Å². The number of nitrogens with one attached hydrogen (secondary N) is 2. The second kappa shape index (κ2) is 8.06. The number of nitrogens with zero attached hydrogens (tertiary/aromatic N) is 1. The van der Waals surface area contributed by atoms with Crippen LogP contribution in [0.3, 0.4) is 0 Å². The van der Waals surface area contributed by atoms with Gasteiger partial charge in [0.15, 0.2) is 0 Å². The Morgan fingerprint density at radius 3 is 2.74 bits per heavy atom. The number of hydrogen-bond acceptors (Lipinski definition) is 6. The van der Waals surface area contributed by atoms with Crippen molar-refractivity contribution in [2.45, 2.75) is 6.92 Å². The van der Waals surface area contributed by atoms with Crippen molar-refractivity contribution in [1.82, 2.24) is 10.9 Å². The molecular formula is C15H16N4O3S. The summed E-state index contributed by atoms with van der Waals surface area (Å²) >= 11 is 4.77. The zero-order valence-corrected chi connectivity index (χ0v) is 13.2. The number of esters is 1. The van der Waals surface area contributed by atoms with Crippen molar-refractivity contribution in [2.75, 3.05) is 6.61 Å². The summed E-state index contributed by atoms with van der Waals surface area (Å²) in [4.78, 5) is 11.6. The van der Waals surface area contributed by atoms with Crippen LogP contribution in [0.1, 0.15) is 23.0 Å². The Hall–Kier alpha value is -2.71. The third kappa shape index (κ3) is 4.63. The maximum absolute atomic E-state index is 11.6. The number of benzene rings is 1. The number of nitrogens with two attached hydrogens (primary N) is 1. The van der Waals surface area contributed by atoms with E-state index >= 15 is 0 Å². The molecule has 2 rings (SSSR count). The van der Waals surface area contributed by atoms with E-state index in [9.17, 15) is 4.79 Å². The van der Waals surface area contributed by atoms with Gasteiger partial charge in [-0.2, -0.15) is 5.10 Å². The number of carbonyl (C=O) groups is 1. The summed E-state index contributed by atoms with van der Waals surface area (Å²) in [6.07, 6.45) is 1.47. The Kier molecular flexibility index (Phi) is 5.84. The van der Waals surface area contributed by atoms with Crippen LogP contribution in [0.25, 0.3) is 11.3 Å². The van der Waals surface area contributed by atoms with Gasteiger partial charge >= 0.3 is 5.97 Å². The summed E-state index contributed by atoms with van der Waals surface area (Å²) in [6, 6.07) is 10.5. The first-order chi connectivity index (χ1) is 11.1. The molecule has 0 radical (unpaired) electrons. The van der Waals surface area contributed by atoms with E-state index < -0.39 is 0 Å². The first-order valence-corrected chi connectivity index (χ1v) is 7.22. The summed E-state index contributed by atoms with van der Waals surface area (Å²) in [5, 5.41) is 4.06. The lowest BCUT2D eigenvalue weighted by Crippen LogP contribution is -2.37. The van der Waals surface area contributed by atoms with Crippen molar-refractivity contribution >= 4 is 29.5 Å². The molecule has 0 aliphatic rings. The van der Waals surface area contributed by atoms with E-state index in [1.807, 2.05) is 0 Å². The Balaban J connectivity index is 2.05. The number of hydrazine groups is 1. The number of hydrazone groups is 1. The first kappa shape index (κ1) is 16.7. The van der Waals surface area contributed by atoms with E-state index in [0.717, 1.165) is 5.56 Å². The molecule has 120 valence electrons. The number of furan rings is 1. The number of rotatable bonds is 5. The molecule has 0 saturated carbocycles. The molecule has 0 fully saturated rings. The fourth-order valence-electron chi connectivity index (χ4n) is 1.75. The molecule has 1 aromatic heterocycles. The van der Waals surface area contributed by atoms with Crippen LogP contribution in [0.2, 0.25) is 0 Å². The molecular weight excluding hydrogens is 316 g/mol. The second-order valence-electron chi connectivity index (χ2n) is 4.34. The van der Waals surface area contributed by atoms with Crippen LogP contribution in [0, 0.1) is 0 Å². The molecule has 1 aromatic carbocycles. The van der Waals surface area contributed by atoms with Gasteiger partial charge in [0, 0.05) is 5.56 Å². The zero-order valence-electron chi connectivity index (χ0n) is 12.4. The van der Waals surface area contributed by atoms with Crippen molar-refractivity contribution in [2.24, 2.45) is 10.9 Å². The normalized spacial score (nSPS) is 10.5. The van der Waals surface area contributed by atoms with Gasteiger partial charge in [-0.05, 0) is 43.4 Å². The van der Waals surface area contributed by atoms with Crippen molar-refractivity contribution in [3.8, 4) is 11.3 Å². The van der Waals surface area contributed by atoms with Crippen LogP contribution in [-0.2, 0) is 4.74 Å². The fourth-order valence-corrected chi connectivity index (χ4v) is 1.80. The van der Waals surface area contributed by atoms with Gasteiger partial charge in [-0.1, -0.05) is 12.1 Å². The standard InChI is InChI=1S/C15H16N4O3S/c1-2-21-14(20)11-5-3-10(4-6-11)13-8-7-12(22-13)9-17-19-15(23)18-16/h3-9H,2,16H2,1H3,(H2,18,19,23)/b17-9+. The van der Waals surface area contributed by atoms with Crippen molar-refractivity contribution in [3.05, 3.63) is 47.7 Å². The van der Waals surface area contributed by atoms with Crippen LogP contribution in [0.4, 0.5) is 0 Å². The van der Waals surface area contributed by atoms with E-state index in [-0.39, 0.29) is 11.1 Å². The number of carbonyl (C=O) groups excluding carboxylic acids is 1. The predicted octanol–water partition coefficient (Wildman–Crippen LogP) is 1.79. The molecule has 23 heavy (non-hydrogen) atoms. The summed E-state index contributed by atoms with van der Waals surface area (Å²) in [7, 11) is 0. The molecule has 0 amide bonds. The molecule has 0 atom stereocenters. The van der Waals surface area contributed by atoms with Gasteiger partial charge in [-0.15, -0.1) is 0 Å². The van der Waals surface area contributed by atoms with E-state index in [0.29, 0.717) is 23.7 Å². The van der Waals surface area contributed by atoms with Gasteiger partial charge in [0.05, 0.1) is 18.4 Å². The zero-order chi connectivity index (χ0) is 16.7. The van der Waals surface area contributed by atoms with Gasteiger partial charge in [-0.3, -0.25) is 10.9 Å². The molecule has 2 aromatic rings. The molecule has 0 saturated heterocycles. The Morgan fingerprint density at radius 2 is 2.09 bits per heavy atom. The smallest absolute Gasteiger partial charge is 0.338 e. The monoisotopic (exact) mass is 332 g/mol. The van der Waals surface area contributed by atoms with E-state index in [1.54, 1.807) is 43.3 Å². The maximum atomic E-state index is 11.6. The minimum atomic E-state index is -0.345. The maximum Gasteiger partial charge on any atom is 0.338 e. The van der Waals surface area contributed by atoms with Gasteiger partial charge in [0.1, 0.15) is 11.5 Å². The highest BCUT2D eigenvalue weighted by atomic mass is 32.1. The molecule has 7 nitrogen and oxygen atoms in total. The van der Waals surface area contributed by atoms with Crippen LogP contribution < -0.4 is 16.7 Å². The average molecular weight is 332 g/mol. The summed E-state index contributed by atoms with van der Waals surface area (Å²) < 4.78 is 10.6. The summed E-state index contributed by atoms with van der Waals surface area (Å²) in [6.45, 7) is 2.11. The molecule has 4 N–H and O–H groups in total. The summed E-state index contributed by atoms with van der Waals surface area (Å²) in [5.74, 6) is 5.95. The Bertz CT molecular complexity index is 710. The van der Waals surface area contributed by atoms with Crippen molar-refractivity contribution in [3.63, 3.8) is 0 Å². The third-order valence-corrected chi connectivity index (χ3v) is 3.01. The van der Waals surface area contributed by atoms with E-state index in [4.69, 9.17) is 27.2 Å². The minimum absolute atomic E-state index is 0.197. The lowest BCUT2D eigenvalue weighted by atomic mass is 10.1. The highest BCUT2D eigenvalue weighted by Gasteiger charge is 2.08. The molecule has 0 bridgehead atoms.